The molecule has 0 amide bonds. The molecular weight excluding hydrogens is 212 g/mol. The van der Waals surface area contributed by atoms with Gasteiger partial charge in [-0.3, -0.25) is 0 Å². The van der Waals surface area contributed by atoms with Gasteiger partial charge in [-0.25, -0.2) is 0 Å². The van der Waals surface area contributed by atoms with Gasteiger partial charge in [0.25, 0.3) is 0 Å². The van der Waals surface area contributed by atoms with E-state index in [4.69, 9.17) is 5.73 Å². The van der Waals surface area contributed by atoms with Crippen molar-refractivity contribution in [3.63, 3.8) is 0 Å². The quantitative estimate of drug-likeness (QED) is 0.589. The SMILES string of the molecule is CCC(CN)CCCC(CC)C(C)(C)CN=O. The van der Waals surface area contributed by atoms with Crippen LogP contribution < -0.4 is 5.73 Å². The van der Waals surface area contributed by atoms with Crippen LogP contribution in [0.1, 0.15) is 59.8 Å². The number of hydrogen-bond acceptors (Lipinski definition) is 3. The maximum absolute atomic E-state index is 10.4. The molecule has 2 unspecified atom stereocenters. The first-order valence-corrected chi connectivity index (χ1v) is 7.00. The second-order valence-corrected chi connectivity index (χ2v) is 5.82. The third-order valence-electron chi connectivity index (χ3n) is 4.15. The van der Waals surface area contributed by atoms with E-state index in [1.165, 1.54) is 25.7 Å². The summed E-state index contributed by atoms with van der Waals surface area (Å²) in [6.07, 6.45) is 5.93. The van der Waals surface area contributed by atoms with Crippen LogP contribution in [0.3, 0.4) is 0 Å². The lowest BCUT2D eigenvalue weighted by Crippen LogP contribution is -2.27. The van der Waals surface area contributed by atoms with Gasteiger partial charge in [-0.05, 0) is 36.6 Å². The Morgan fingerprint density at radius 1 is 1.18 bits per heavy atom. The normalized spacial score (nSPS) is 15.6. The minimum absolute atomic E-state index is 0.0426. The Kier molecular flexibility index (Phi) is 8.40. The summed E-state index contributed by atoms with van der Waals surface area (Å²) in [6.45, 7) is 9.95. The molecule has 0 heterocycles. The minimum atomic E-state index is 0.0426. The Labute approximate surface area is 107 Å². The van der Waals surface area contributed by atoms with Gasteiger partial charge in [-0.15, -0.1) is 0 Å². The van der Waals surface area contributed by atoms with Crippen molar-refractivity contribution in [1.29, 1.82) is 0 Å². The van der Waals surface area contributed by atoms with E-state index in [9.17, 15) is 4.91 Å². The van der Waals surface area contributed by atoms with Crippen LogP contribution in [-0.2, 0) is 0 Å². The van der Waals surface area contributed by atoms with Crippen molar-refractivity contribution < 1.29 is 0 Å². The first-order valence-electron chi connectivity index (χ1n) is 7.00. The van der Waals surface area contributed by atoms with Crippen LogP contribution in [0.25, 0.3) is 0 Å². The molecule has 0 aliphatic heterocycles. The van der Waals surface area contributed by atoms with Crippen molar-refractivity contribution in [2.75, 3.05) is 13.1 Å². The Morgan fingerprint density at radius 2 is 1.82 bits per heavy atom. The molecule has 0 aliphatic rings. The van der Waals surface area contributed by atoms with Gasteiger partial charge in [0.05, 0.1) is 6.54 Å². The van der Waals surface area contributed by atoms with Gasteiger partial charge >= 0.3 is 0 Å². The average Bonchev–Trinajstić information content (AvgIpc) is 2.29. The first-order chi connectivity index (χ1) is 8.01. The fourth-order valence-corrected chi connectivity index (χ4v) is 2.58. The Hall–Kier alpha value is -0.440. The highest BCUT2D eigenvalue weighted by Crippen LogP contribution is 2.34. The molecular formula is C14H30N2O. The van der Waals surface area contributed by atoms with Crippen molar-refractivity contribution in [1.82, 2.24) is 0 Å². The molecule has 102 valence electrons. The molecule has 0 aliphatic carbocycles. The predicted molar refractivity (Wildman–Crippen MR) is 74.9 cm³/mol. The molecule has 17 heavy (non-hydrogen) atoms. The second kappa shape index (κ2) is 8.62. The highest BCUT2D eigenvalue weighted by Gasteiger charge is 2.28. The van der Waals surface area contributed by atoms with Crippen LogP contribution in [-0.4, -0.2) is 13.1 Å². The topological polar surface area (TPSA) is 55.4 Å². The molecule has 0 saturated heterocycles. The largest absolute Gasteiger partial charge is 0.330 e. The van der Waals surface area contributed by atoms with Gasteiger partial charge in [-0.1, -0.05) is 52.1 Å². The summed E-state index contributed by atoms with van der Waals surface area (Å²) >= 11 is 0. The third-order valence-corrected chi connectivity index (χ3v) is 4.15. The van der Waals surface area contributed by atoms with E-state index in [1.807, 2.05) is 0 Å². The van der Waals surface area contributed by atoms with Gasteiger partial charge in [0.1, 0.15) is 0 Å². The van der Waals surface area contributed by atoms with Crippen molar-refractivity contribution >= 4 is 0 Å². The van der Waals surface area contributed by atoms with E-state index in [0.717, 1.165) is 13.0 Å². The van der Waals surface area contributed by atoms with Crippen molar-refractivity contribution in [2.45, 2.75) is 59.8 Å². The lowest BCUT2D eigenvalue weighted by molar-refractivity contribution is 0.194. The van der Waals surface area contributed by atoms with E-state index in [-0.39, 0.29) is 5.41 Å². The zero-order valence-corrected chi connectivity index (χ0v) is 12.0. The van der Waals surface area contributed by atoms with E-state index >= 15 is 0 Å². The monoisotopic (exact) mass is 242 g/mol. The number of rotatable bonds is 10. The van der Waals surface area contributed by atoms with E-state index in [1.54, 1.807) is 0 Å². The van der Waals surface area contributed by atoms with Gasteiger partial charge in [0.15, 0.2) is 0 Å². The summed E-state index contributed by atoms with van der Waals surface area (Å²) in [5.41, 5.74) is 5.75. The molecule has 0 aromatic heterocycles. The van der Waals surface area contributed by atoms with Crippen LogP contribution >= 0.6 is 0 Å². The average molecular weight is 242 g/mol. The maximum Gasteiger partial charge on any atom is 0.0864 e. The lowest BCUT2D eigenvalue weighted by Gasteiger charge is -2.31. The Bertz CT molecular complexity index is 200. The highest BCUT2D eigenvalue weighted by atomic mass is 16.3. The zero-order valence-electron chi connectivity index (χ0n) is 12.0. The maximum atomic E-state index is 10.4. The molecule has 2 atom stereocenters. The standard InChI is InChI=1S/C14H30N2O/c1-5-12(10-15)8-7-9-13(6-2)14(3,4)11-16-17/h12-13H,5-11,15H2,1-4H3. The molecule has 0 spiro atoms. The van der Waals surface area contributed by atoms with Crippen LogP contribution in [0.15, 0.2) is 5.18 Å². The predicted octanol–water partition coefficient (Wildman–Crippen LogP) is 3.96. The molecule has 0 fully saturated rings. The Morgan fingerprint density at radius 3 is 2.24 bits per heavy atom. The third kappa shape index (κ3) is 6.16. The fraction of sp³-hybridized carbons (Fsp3) is 1.00. The van der Waals surface area contributed by atoms with E-state index < -0.39 is 0 Å². The number of hydrogen-bond donors (Lipinski definition) is 1. The molecule has 0 aromatic carbocycles. The van der Waals surface area contributed by atoms with Crippen molar-refractivity contribution in [3.05, 3.63) is 4.91 Å². The van der Waals surface area contributed by atoms with E-state index in [2.05, 4.69) is 32.9 Å². The van der Waals surface area contributed by atoms with Crippen LogP contribution in [0.5, 0.6) is 0 Å². The molecule has 0 bridgehead atoms. The summed E-state index contributed by atoms with van der Waals surface area (Å²) in [5, 5.41) is 3.08. The summed E-state index contributed by atoms with van der Waals surface area (Å²) in [7, 11) is 0. The van der Waals surface area contributed by atoms with Gasteiger partial charge < -0.3 is 5.73 Å². The number of nitrogens with zero attached hydrogens (tertiary/aromatic N) is 1. The summed E-state index contributed by atoms with van der Waals surface area (Å²) < 4.78 is 0. The number of nitroso groups, excluding NO2 is 1. The van der Waals surface area contributed by atoms with Gasteiger partial charge in [0.2, 0.25) is 0 Å². The Balaban J connectivity index is 4.09. The molecule has 2 N–H and O–H groups in total. The molecule has 0 rings (SSSR count). The molecule has 3 heteroatoms. The second-order valence-electron chi connectivity index (χ2n) is 5.82. The summed E-state index contributed by atoms with van der Waals surface area (Å²) in [6, 6.07) is 0. The zero-order chi connectivity index (χ0) is 13.3. The van der Waals surface area contributed by atoms with Crippen molar-refractivity contribution in [3.8, 4) is 0 Å². The lowest BCUT2D eigenvalue weighted by atomic mass is 9.74. The van der Waals surface area contributed by atoms with Crippen LogP contribution in [0.4, 0.5) is 0 Å². The molecule has 0 aromatic rings. The molecule has 3 nitrogen and oxygen atoms in total. The minimum Gasteiger partial charge on any atom is -0.330 e. The summed E-state index contributed by atoms with van der Waals surface area (Å²) in [4.78, 5) is 10.4. The fourth-order valence-electron chi connectivity index (χ4n) is 2.58. The van der Waals surface area contributed by atoms with E-state index in [0.29, 0.717) is 18.4 Å². The van der Waals surface area contributed by atoms with Crippen LogP contribution in [0, 0.1) is 22.2 Å². The van der Waals surface area contributed by atoms with Gasteiger partial charge in [0, 0.05) is 0 Å². The smallest absolute Gasteiger partial charge is 0.0864 e. The highest BCUT2D eigenvalue weighted by molar-refractivity contribution is 4.79. The molecule has 0 saturated carbocycles. The first kappa shape index (κ1) is 16.6. The van der Waals surface area contributed by atoms with Gasteiger partial charge in [-0.2, -0.15) is 4.91 Å². The number of nitrogens with two attached hydrogens (primary N) is 1. The van der Waals surface area contributed by atoms with Crippen LogP contribution in [0.2, 0.25) is 0 Å². The summed E-state index contributed by atoms with van der Waals surface area (Å²) in [5.74, 6) is 1.26. The van der Waals surface area contributed by atoms with Crippen molar-refractivity contribution in [2.24, 2.45) is 28.2 Å². The molecule has 0 radical (unpaired) electrons.